The first-order valence-electron chi connectivity index (χ1n) is 8.00. The Morgan fingerprint density at radius 2 is 2.05 bits per heavy atom. The van der Waals surface area contributed by atoms with Gasteiger partial charge in [-0.05, 0) is 43.5 Å². The first-order chi connectivity index (χ1) is 10.6. The van der Waals surface area contributed by atoms with Crippen LogP contribution in [0, 0.1) is 0 Å². The Morgan fingerprint density at radius 3 is 2.82 bits per heavy atom. The molecule has 5 heteroatoms. The van der Waals surface area contributed by atoms with Crippen LogP contribution in [0.3, 0.4) is 0 Å². The number of nitrogens with one attached hydrogen (secondary N) is 1. The summed E-state index contributed by atoms with van der Waals surface area (Å²) < 4.78 is 0. The van der Waals surface area contributed by atoms with Gasteiger partial charge in [0.05, 0.1) is 0 Å². The monoisotopic (exact) mass is 303 g/mol. The van der Waals surface area contributed by atoms with Crippen LogP contribution < -0.4 is 11.1 Å². The van der Waals surface area contributed by atoms with E-state index >= 15 is 0 Å². The molecule has 1 aliphatic heterocycles. The van der Waals surface area contributed by atoms with Crippen molar-refractivity contribution in [1.82, 2.24) is 4.90 Å². The minimum Gasteiger partial charge on any atom is -0.341 e. The lowest BCUT2D eigenvalue weighted by Gasteiger charge is -2.25. The number of hydrogen-bond donors (Lipinski definition) is 2. The van der Waals surface area contributed by atoms with Crippen LogP contribution in [-0.4, -0.2) is 36.9 Å². The lowest BCUT2D eigenvalue weighted by molar-refractivity contribution is -0.116. The van der Waals surface area contributed by atoms with E-state index in [0.29, 0.717) is 24.2 Å². The Morgan fingerprint density at radius 1 is 1.27 bits per heavy atom. The Balaban J connectivity index is 1.88. The summed E-state index contributed by atoms with van der Waals surface area (Å²) in [7, 11) is 1.80. The van der Waals surface area contributed by atoms with Gasteiger partial charge in [0, 0.05) is 31.3 Å². The molecule has 5 nitrogen and oxygen atoms in total. The fourth-order valence-corrected chi connectivity index (χ4v) is 2.67. The van der Waals surface area contributed by atoms with Crippen LogP contribution in [0.2, 0.25) is 0 Å². The van der Waals surface area contributed by atoms with E-state index in [2.05, 4.69) is 5.32 Å². The molecule has 1 aromatic carbocycles. The average molecular weight is 303 g/mol. The fourth-order valence-electron chi connectivity index (χ4n) is 2.67. The zero-order valence-corrected chi connectivity index (χ0v) is 13.2. The smallest absolute Gasteiger partial charge is 0.253 e. The first-order valence-corrected chi connectivity index (χ1v) is 8.00. The fraction of sp³-hybridized carbons (Fsp3) is 0.529. The van der Waals surface area contributed by atoms with Crippen LogP contribution in [0.15, 0.2) is 18.2 Å². The molecule has 0 bridgehead atoms. The van der Waals surface area contributed by atoms with Crippen molar-refractivity contribution in [2.75, 3.05) is 25.5 Å². The minimum absolute atomic E-state index is 0.00399. The molecule has 3 N–H and O–H groups in total. The number of anilines is 1. The number of likely N-dealkylation sites (N-methyl/N-ethyl adjacent to an activating group) is 1. The highest BCUT2D eigenvalue weighted by molar-refractivity contribution is 5.99. The topological polar surface area (TPSA) is 75.4 Å². The summed E-state index contributed by atoms with van der Waals surface area (Å²) in [6.07, 6.45) is 5.37. The summed E-state index contributed by atoms with van der Waals surface area (Å²) in [5, 5.41) is 2.88. The second-order valence-electron chi connectivity index (χ2n) is 5.85. The molecule has 0 unspecified atom stereocenters. The summed E-state index contributed by atoms with van der Waals surface area (Å²) in [6.45, 7) is 1.46. The third kappa shape index (κ3) is 4.31. The van der Waals surface area contributed by atoms with E-state index in [0.717, 1.165) is 44.2 Å². The van der Waals surface area contributed by atoms with Gasteiger partial charge in [-0.2, -0.15) is 0 Å². The van der Waals surface area contributed by atoms with Crippen molar-refractivity contribution in [3.63, 3.8) is 0 Å². The molecule has 0 radical (unpaired) electrons. The van der Waals surface area contributed by atoms with Gasteiger partial charge >= 0.3 is 0 Å². The van der Waals surface area contributed by atoms with E-state index in [1.54, 1.807) is 18.0 Å². The standard InChI is InChI=1S/C17H25N3O2/c1-20-11-9-13-7-8-14(12-15(13)17(20)22)19-16(21)6-4-2-3-5-10-18/h7-8,12H,2-6,9-11,18H2,1H3,(H,19,21). The molecule has 22 heavy (non-hydrogen) atoms. The van der Waals surface area contributed by atoms with Gasteiger partial charge < -0.3 is 16.0 Å². The van der Waals surface area contributed by atoms with Gasteiger partial charge in [-0.1, -0.05) is 18.9 Å². The third-order valence-electron chi connectivity index (χ3n) is 4.05. The van der Waals surface area contributed by atoms with Gasteiger partial charge in [0.1, 0.15) is 0 Å². The molecular weight excluding hydrogens is 278 g/mol. The molecule has 0 fully saturated rings. The van der Waals surface area contributed by atoms with Crippen LogP contribution in [0.1, 0.15) is 48.0 Å². The zero-order chi connectivity index (χ0) is 15.9. The Kier molecular flexibility index (Phi) is 5.95. The number of carbonyl (C=O) groups excluding carboxylic acids is 2. The van der Waals surface area contributed by atoms with Gasteiger partial charge in [0.15, 0.2) is 0 Å². The van der Waals surface area contributed by atoms with Crippen LogP contribution >= 0.6 is 0 Å². The highest BCUT2D eigenvalue weighted by Gasteiger charge is 2.21. The highest BCUT2D eigenvalue weighted by atomic mass is 16.2. The maximum Gasteiger partial charge on any atom is 0.253 e. The van der Waals surface area contributed by atoms with Gasteiger partial charge in [-0.25, -0.2) is 0 Å². The van der Waals surface area contributed by atoms with E-state index in [9.17, 15) is 9.59 Å². The lowest BCUT2D eigenvalue weighted by atomic mass is 9.98. The summed E-state index contributed by atoms with van der Waals surface area (Å²) in [6, 6.07) is 5.61. The second kappa shape index (κ2) is 7.94. The van der Waals surface area contributed by atoms with Crippen molar-refractivity contribution in [2.24, 2.45) is 5.73 Å². The molecule has 0 aromatic heterocycles. The predicted octanol–water partition coefficient (Wildman–Crippen LogP) is 2.16. The Hall–Kier alpha value is -1.88. The van der Waals surface area contributed by atoms with E-state index in [1.807, 2.05) is 12.1 Å². The van der Waals surface area contributed by atoms with Gasteiger partial charge in [-0.3, -0.25) is 9.59 Å². The molecular formula is C17H25N3O2. The number of carbonyl (C=O) groups is 2. The zero-order valence-electron chi connectivity index (χ0n) is 13.2. The molecule has 1 heterocycles. The van der Waals surface area contributed by atoms with Crippen LogP contribution in [0.5, 0.6) is 0 Å². The van der Waals surface area contributed by atoms with Gasteiger partial charge in [-0.15, -0.1) is 0 Å². The lowest BCUT2D eigenvalue weighted by Crippen LogP contribution is -2.34. The van der Waals surface area contributed by atoms with Gasteiger partial charge in [0.25, 0.3) is 5.91 Å². The van der Waals surface area contributed by atoms with E-state index < -0.39 is 0 Å². The normalized spacial score (nSPS) is 13.9. The Labute approximate surface area is 131 Å². The quantitative estimate of drug-likeness (QED) is 0.758. The average Bonchev–Trinajstić information content (AvgIpc) is 2.51. The molecule has 0 spiro atoms. The summed E-state index contributed by atoms with van der Waals surface area (Å²) in [5.74, 6) is 0.0310. The van der Waals surface area contributed by atoms with E-state index in [4.69, 9.17) is 5.73 Å². The van der Waals surface area contributed by atoms with Crippen molar-refractivity contribution >= 4 is 17.5 Å². The van der Waals surface area contributed by atoms with E-state index in [-0.39, 0.29) is 11.8 Å². The summed E-state index contributed by atoms with van der Waals surface area (Å²) in [5.41, 5.74) is 7.90. The SMILES string of the molecule is CN1CCc2ccc(NC(=O)CCCCCCN)cc2C1=O. The van der Waals surface area contributed by atoms with Crippen molar-refractivity contribution in [2.45, 2.75) is 38.5 Å². The largest absolute Gasteiger partial charge is 0.341 e. The molecule has 1 aromatic rings. The molecule has 120 valence electrons. The Bertz CT molecular complexity index is 543. The second-order valence-corrected chi connectivity index (χ2v) is 5.85. The molecule has 1 aliphatic rings. The number of benzene rings is 1. The molecule has 0 atom stereocenters. The number of nitrogens with zero attached hydrogens (tertiary/aromatic N) is 1. The van der Waals surface area contributed by atoms with Crippen LogP contribution in [0.25, 0.3) is 0 Å². The van der Waals surface area contributed by atoms with Crippen molar-refractivity contribution in [3.8, 4) is 0 Å². The van der Waals surface area contributed by atoms with Gasteiger partial charge in [0.2, 0.25) is 5.91 Å². The summed E-state index contributed by atoms with van der Waals surface area (Å²) in [4.78, 5) is 25.8. The van der Waals surface area contributed by atoms with Crippen molar-refractivity contribution < 1.29 is 9.59 Å². The number of rotatable bonds is 7. The number of hydrogen-bond acceptors (Lipinski definition) is 3. The maximum atomic E-state index is 12.1. The minimum atomic E-state index is 0.00399. The van der Waals surface area contributed by atoms with Crippen molar-refractivity contribution in [3.05, 3.63) is 29.3 Å². The number of amides is 2. The van der Waals surface area contributed by atoms with Crippen molar-refractivity contribution in [1.29, 1.82) is 0 Å². The molecule has 0 aliphatic carbocycles. The van der Waals surface area contributed by atoms with Crippen LogP contribution in [-0.2, 0) is 11.2 Å². The first kappa shape index (κ1) is 16.5. The number of nitrogens with two attached hydrogens (primary N) is 1. The predicted molar refractivity (Wildman–Crippen MR) is 87.9 cm³/mol. The highest BCUT2D eigenvalue weighted by Crippen LogP contribution is 2.22. The molecule has 2 amide bonds. The molecule has 2 rings (SSSR count). The maximum absolute atomic E-state index is 12.1. The molecule has 0 saturated heterocycles. The summed E-state index contributed by atoms with van der Waals surface area (Å²) >= 11 is 0. The third-order valence-corrected chi connectivity index (χ3v) is 4.05. The van der Waals surface area contributed by atoms with Crippen LogP contribution in [0.4, 0.5) is 5.69 Å². The number of fused-ring (bicyclic) bond motifs is 1. The number of unbranched alkanes of at least 4 members (excludes halogenated alkanes) is 3. The van der Waals surface area contributed by atoms with E-state index in [1.165, 1.54) is 0 Å². The molecule has 0 saturated carbocycles.